The number of benzene rings is 1. The Bertz CT molecular complexity index is 548. The minimum Gasteiger partial charge on any atom is -0.497 e. The molecule has 6 nitrogen and oxygen atoms in total. The van der Waals surface area contributed by atoms with E-state index in [1.54, 1.807) is 13.2 Å². The van der Waals surface area contributed by atoms with Gasteiger partial charge in [-0.05, 0) is 35.4 Å². The summed E-state index contributed by atoms with van der Waals surface area (Å²) < 4.78 is 7.08. The maximum Gasteiger partial charge on any atom is 0.182 e. The second kappa shape index (κ2) is 5.69. The lowest BCUT2D eigenvalue weighted by atomic mass is 10.1. The van der Waals surface area contributed by atoms with Gasteiger partial charge in [-0.15, -0.1) is 5.10 Å². The lowest BCUT2D eigenvalue weighted by molar-refractivity contribution is 0.414. The molecule has 0 spiro atoms. The summed E-state index contributed by atoms with van der Waals surface area (Å²) in [5.41, 5.74) is 7.38. The van der Waals surface area contributed by atoms with Crippen molar-refractivity contribution in [1.82, 2.24) is 20.2 Å². The Hall–Kier alpha value is -2.11. The molecule has 0 bridgehead atoms. The first-order valence-electron chi connectivity index (χ1n) is 6.42. The Balaban J connectivity index is 2.47. The van der Waals surface area contributed by atoms with Crippen LogP contribution in [0, 0.1) is 0 Å². The summed E-state index contributed by atoms with van der Waals surface area (Å²) in [5.74, 6) is 1.42. The summed E-state index contributed by atoms with van der Waals surface area (Å²) in [6.45, 7) is 4.25. The Morgan fingerprint density at radius 2 is 2.00 bits per heavy atom. The summed E-state index contributed by atoms with van der Waals surface area (Å²) >= 11 is 0. The van der Waals surface area contributed by atoms with Gasteiger partial charge in [-0.2, -0.15) is 0 Å². The number of hydrogen-bond donors (Lipinski definition) is 1. The first-order chi connectivity index (χ1) is 9.19. The Morgan fingerprint density at radius 1 is 1.26 bits per heavy atom. The van der Waals surface area contributed by atoms with Crippen LogP contribution in [0.1, 0.15) is 32.7 Å². The summed E-state index contributed by atoms with van der Waals surface area (Å²) in [7, 11) is 1.61. The number of rotatable bonds is 5. The normalized spacial score (nSPS) is 10.9. The number of nitrogens with zero attached hydrogens (tertiary/aromatic N) is 4. The molecule has 1 aromatic carbocycles. The molecule has 2 rings (SSSR count). The van der Waals surface area contributed by atoms with Gasteiger partial charge in [0.05, 0.1) is 13.2 Å². The summed E-state index contributed by atoms with van der Waals surface area (Å²) in [6.07, 6.45) is 1.96. The van der Waals surface area contributed by atoms with E-state index in [0.29, 0.717) is 11.4 Å². The molecular weight excluding hydrogens is 242 g/mol. The first-order valence-corrected chi connectivity index (χ1v) is 6.42. The lowest BCUT2D eigenvalue weighted by Crippen LogP contribution is -2.10. The first kappa shape index (κ1) is 13.3. The molecule has 0 radical (unpaired) electrons. The van der Waals surface area contributed by atoms with Crippen LogP contribution in [0.2, 0.25) is 0 Å². The fourth-order valence-electron chi connectivity index (χ4n) is 2.13. The van der Waals surface area contributed by atoms with Crippen molar-refractivity contribution in [3.05, 3.63) is 18.2 Å². The van der Waals surface area contributed by atoms with Crippen LogP contribution in [0.25, 0.3) is 11.4 Å². The zero-order valence-corrected chi connectivity index (χ0v) is 11.5. The molecule has 0 atom stereocenters. The predicted molar refractivity (Wildman–Crippen MR) is 73.8 cm³/mol. The quantitative estimate of drug-likeness (QED) is 0.835. The van der Waals surface area contributed by atoms with E-state index in [9.17, 15) is 0 Å². The molecule has 102 valence electrons. The average molecular weight is 261 g/mol. The molecule has 2 N–H and O–H groups in total. The van der Waals surface area contributed by atoms with Crippen molar-refractivity contribution < 1.29 is 4.74 Å². The standard InChI is InChI=1S/C13H19N5O/c1-4-11(5-2)18-13(15-16-17-18)9-6-10(14)8-12(7-9)19-3/h6-8,11H,4-5,14H2,1-3H3. The van der Waals surface area contributed by atoms with Gasteiger partial charge in [-0.25, -0.2) is 4.68 Å². The van der Waals surface area contributed by atoms with Crippen molar-refractivity contribution in [2.75, 3.05) is 12.8 Å². The van der Waals surface area contributed by atoms with Gasteiger partial charge in [-0.3, -0.25) is 0 Å². The summed E-state index contributed by atoms with van der Waals surface area (Å²) in [6, 6.07) is 5.81. The molecule has 0 saturated carbocycles. The number of anilines is 1. The number of aromatic nitrogens is 4. The minimum atomic E-state index is 0.289. The largest absolute Gasteiger partial charge is 0.497 e. The number of nitrogen functional groups attached to an aromatic ring is 1. The third-order valence-corrected chi connectivity index (χ3v) is 3.20. The van der Waals surface area contributed by atoms with E-state index >= 15 is 0 Å². The molecule has 0 aliphatic heterocycles. The van der Waals surface area contributed by atoms with Crippen molar-refractivity contribution in [3.8, 4) is 17.1 Å². The lowest BCUT2D eigenvalue weighted by Gasteiger charge is -2.14. The van der Waals surface area contributed by atoms with E-state index in [4.69, 9.17) is 10.5 Å². The highest BCUT2D eigenvalue weighted by molar-refractivity contribution is 5.64. The van der Waals surface area contributed by atoms with Crippen LogP contribution in [0.15, 0.2) is 18.2 Å². The van der Waals surface area contributed by atoms with Gasteiger partial charge in [0.15, 0.2) is 5.82 Å². The monoisotopic (exact) mass is 261 g/mol. The van der Waals surface area contributed by atoms with Crippen molar-refractivity contribution in [3.63, 3.8) is 0 Å². The molecule has 1 aromatic heterocycles. The van der Waals surface area contributed by atoms with Gasteiger partial charge in [0.25, 0.3) is 0 Å². The van der Waals surface area contributed by atoms with Crippen LogP contribution in [0.4, 0.5) is 5.69 Å². The number of nitrogens with two attached hydrogens (primary N) is 1. The van der Waals surface area contributed by atoms with Gasteiger partial charge >= 0.3 is 0 Å². The fraction of sp³-hybridized carbons (Fsp3) is 0.462. The maximum atomic E-state index is 5.87. The van der Waals surface area contributed by atoms with E-state index in [0.717, 1.165) is 24.2 Å². The van der Waals surface area contributed by atoms with Gasteiger partial charge in [0, 0.05) is 17.3 Å². The van der Waals surface area contributed by atoms with Crippen molar-refractivity contribution in [2.24, 2.45) is 0 Å². The number of methoxy groups -OCH3 is 1. The predicted octanol–water partition coefficient (Wildman–Crippen LogP) is 2.29. The van der Waals surface area contributed by atoms with Crippen LogP contribution in [-0.4, -0.2) is 27.3 Å². The Morgan fingerprint density at radius 3 is 2.63 bits per heavy atom. The zero-order valence-electron chi connectivity index (χ0n) is 11.5. The van der Waals surface area contributed by atoms with Crippen molar-refractivity contribution in [2.45, 2.75) is 32.7 Å². The van der Waals surface area contributed by atoms with E-state index < -0.39 is 0 Å². The molecule has 0 aliphatic rings. The van der Waals surface area contributed by atoms with E-state index in [1.165, 1.54) is 0 Å². The molecule has 0 fully saturated rings. The molecular formula is C13H19N5O. The molecule has 0 aliphatic carbocycles. The highest BCUT2D eigenvalue weighted by atomic mass is 16.5. The molecule has 19 heavy (non-hydrogen) atoms. The number of ether oxygens (including phenoxy) is 1. The van der Waals surface area contributed by atoms with Crippen molar-refractivity contribution >= 4 is 5.69 Å². The highest BCUT2D eigenvalue weighted by Gasteiger charge is 2.16. The van der Waals surface area contributed by atoms with Crippen LogP contribution in [-0.2, 0) is 0 Å². The highest BCUT2D eigenvalue weighted by Crippen LogP contribution is 2.28. The molecule has 6 heteroatoms. The van der Waals surface area contributed by atoms with Crippen LogP contribution in [0.3, 0.4) is 0 Å². The van der Waals surface area contributed by atoms with Gasteiger partial charge < -0.3 is 10.5 Å². The molecule has 0 unspecified atom stereocenters. The van der Waals surface area contributed by atoms with Crippen LogP contribution >= 0.6 is 0 Å². The Labute approximate surface area is 112 Å². The third-order valence-electron chi connectivity index (χ3n) is 3.20. The second-order valence-electron chi connectivity index (χ2n) is 4.41. The molecule has 2 aromatic rings. The van der Waals surface area contributed by atoms with E-state index in [-0.39, 0.29) is 6.04 Å². The number of hydrogen-bond acceptors (Lipinski definition) is 5. The SMILES string of the molecule is CCC(CC)n1nnnc1-c1cc(N)cc(OC)c1. The molecule has 0 amide bonds. The third kappa shape index (κ3) is 2.67. The Kier molecular flexibility index (Phi) is 3.99. The summed E-state index contributed by atoms with van der Waals surface area (Å²) in [4.78, 5) is 0. The maximum absolute atomic E-state index is 5.87. The van der Waals surface area contributed by atoms with Gasteiger partial charge in [-0.1, -0.05) is 13.8 Å². The minimum absolute atomic E-state index is 0.289. The molecule has 0 saturated heterocycles. The second-order valence-corrected chi connectivity index (χ2v) is 4.41. The zero-order chi connectivity index (χ0) is 13.8. The number of tetrazole rings is 1. The van der Waals surface area contributed by atoms with E-state index in [1.807, 2.05) is 16.8 Å². The van der Waals surface area contributed by atoms with Crippen molar-refractivity contribution in [1.29, 1.82) is 0 Å². The fourth-order valence-corrected chi connectivity index (χ4v) is 2.13. The smallest absolute Gasteiger partial charge is 0.182 e. The topological polar surface area (TPSA) is 78.9 Å². The van der Waals surface area contributed by atoms with Crippen LogP contribution in [0.5, 0.6) is 5.75 Å². The van der Waals surface area contributed by atoms with Crippen LogP contribution < -0.4 is 10.5 Å². The average Bonchev–Trinajstić information content (AvgIpc) is 2.89. The summed E-state index contributed by atoms with van der Waals surface area (Å²) in [5, 5.41) is 12.0. The van der Waals surface area contributed by atoms with Gasteiger partial charge in [0.2, 0.25) is 0 Å². The van der Waals surface area contributed by atoms with E-state index in [2.05, 4.69) is 29.4 Å². The molecule has 1 heterocycles. The van der Waals surface area contributed by atoms with Gasteiger partial charge in [0.1, 0.15) is 5.75 Å².